The summed E-state index contributed by atoms with van der Waals surface area (Å²) in [5, 5.41) is 4.77. The van der Waals surface area contributed by atoms with Crippen molar-refractivity contribution in [3.63, 3.8) is 0 Å². The normalized spacial score (nSPS) is 29.8. The summed E-state index contributed by atoms with van der Waals surface area (Å²) in [7, 11) is 1.78. The Balaban J connectivity index is 1.36. The van der Waals surface area contributed by atoms with Gasteiger partial charge in [-0.3, -0.25) is 4.90 Å². The third kappa shape index (κ3) is 2.92. The Morgan fingerprint density at radius 3 is 2.66 bits per heavy atom. The first kappa shape index (κ1) is 20.9. The van der Waals surface area contributed by atoms with E-state index >= 15 is 0 Å². The summed E-state index contributed by atoms with van der Waals surface area (Å²) in [6.45, 7) is 2.14. The van der Waals surface area contributed by atoms with Gasteiger partial charge in [0.05, 0.1) is 12.1 Å². The van der Waals surface area contributed by atoms with E-state index in [0.717, 1.165) is 41.4 Å². The summed E-state index contributed by atoms with van der Waals surface area (Å²) in [6, 6.07) is 19.8. The number of ether oxygens (including phenoxy) is 2. The third-order valence-electron chi connectivity index (χ3n) is 8.58. The van der Waals surface area contributed by atoms with Crippen LogP contribution >= 0.6 is 0 Å². The van der Waals surface area contributed by atoms with Crippen molar-refractivity contribution in [2.75, 3.05) is 7.11 Å². The van der Waals surface area contributed by atoms with E-state index in [0.29, 0.717) is 6.04 Å². The van der Waals surface area contributed by atoms with Gasteiger partial charge in [0.15, 0.2) is 5.60 Å². The van der Waals surface area contributed by atoms with Crippen LogP contribution in [0.4, 0.5) is 0 Å². The van der Waals surface area contributed by atoms with E-state index in [2.05, 4.69) is 84.3 Å². The molecular weight excluding hydrogens is 434 g/mol. The van der Waals surface area contributed by atoms with Gasteiger partial charge in [-0.1, -0.05) is 66.4 Å². The Morgan fingerprint density at radius 1 is 1.06 bits per heavy atom. The molecule has 4 nitrogen and oxygen atoms in total. The maximum absolute atomic E-state index is 12.6. The molecule has 3 aliphatic heterocycles. The molecule has 3 heterocycles. The highest BCUT2D eigenvalue weighted by Crippen LogP contribution is 2.56. The quantitative estimate of drug-likeness (QED) is 0.301. The highest BCUT2D eigenvalue weighted by Gasteiger charge is 2.64. The smallest absolute Gasteiger partial charge is 0.332 e. The predicted octanol–water partition coefficient (Wildman–Crippen LogP) is 5.15. The molecule has 1 unspecified atom stereocenters. The monoisotopic (exact) mass is 461 g/mol. The molecule has 7 rings (SSSR count). The van der Waals surface area contributed by atoms with Crippen LogP contribution in [0.2, 0.25) is 0 Å². The molecule has 0 radical (unpaired) electrons. The topological polar surface area (TPSA) is 38.8 Å². The van der Waals surface area contributed by atoms with Crippen molar-refractivity contribution in [3.8, 4) is 11.8 Å². The lowest BCUT2D eigenvalue weighted by Crippen LogP contribution is -2.47. The van der Waals surface area contributed by atoms with Gasteiger partial charge in [0.1, 0.15) is 0 Å². The molecule has 0 amide bonds. The number of carbonyl (C=O) groups is 1. The Kier molecular flexibility index (Phi) is 4.52. The fourth-order valence-corrected chi connectivity index (χ4v) is 7.03. The zero-order valence-electron chi connectivity index (χ0n) is 20.0. The van der Waals surface area contributed by atoms with E-state index in [4.69, 9.17) is 9.47 Å². The standard InChI is InChI=1S/C31H27NO3/c1-19(34-2)28-13-14-29-31-18-23(32(28)29)16-22(27(31)17-30(33)35-31)12-11-21-15-20-7-3-4-8-24(20)26-10-6-5-9-25(21)26/h3-10,15-17,19,23,28-29H,13-14,18H2,1-2H3/t19?,23-,28+,29-,31+/m1/s1. The van der Waals surface area contributed by atoms with Crippen molar-refractivity contribution in [3.05, 3.63) is 83.5 Å². The Hall–Kier alpha value is -3.39. The minimum absolute atomic E-state index is 0.132. The molecule has 3 aromatic carbocycles. The Bertz CT molecular complexity index is 1520. The van der Waals surface area contributed by atoms with Gasteiger partial charge in [0.25, 0.3) is 0 Å². The van der Waals surface area contributed by atoms with E-state index < -0.39 is 5.60 Å². The summed E-state index contributed by atoms with van der Waals surface area (Å²) in [5.41, 5.74) is 2.33. The van der Waals surface area contributed by atoms with Crippen LogP contribution in [0.1, 0.15) is 31.7 Å². The second-order valence-corrected chi connectivity index (χ2v) is 10.2. The zero-order valence-corrected chi connectivity index (χ0v) is 20.0. The van der Waals surface area contributed by atoms with Crippen molar-refractivity contribution in [1.82, 2.24) is 4.90 Å². The van der Waals surface area contributed by atoms with E-state index in [-0.39, 0.29) is 24.2 Å². The summed E-state index contributed by atoms with van der Waals surface area (Å²) >= 11 is 0. The molecule has 4 heteroatoms. The molecule has 0 aromatic heterocycles. The summed E-state index contributed by atoms with van der Waals surface area (Å²) in [4.78, 5) is 15.1. The second kappa shape index (κ2) is 7.55. The van der Waals surface area contributed by atoms with E-state index in [9.17, 15) is 4.79 Å². The number of nitrogens with zero attached hydrogens (tertiary/aromatic N) is 1. The van der Waals surface area contributed by atoms with Gasteiger partial charge >= 0.3 is 5.97 Å². The van der Waals surface area contributed by atoms with Gasteiger partial charge in [0.2, 0.25) is 0 Å². The van der Waals surface area contributed by atoms with Crippen LogP contribution < -0.4 is 0 Å². The summed E-state index contributed by atoms with van der Waals surface area (Å²) in [6.07, 6.45) is 6.96. The SMILES string of the molecule is COC(C)[C@@H]1CC[C@H]2N1[C@@H]1C=C(C#Cc3cc4ccccc4c4ccccc34)C3=CC(=O)O[C@@]32C1. The average Bonchev–Trinajstić information content (AvgIpc) is 3.54. The molecule has 5 atom stereocenters. The van der Waals surface area contributed by atoms with Gasteiger partial charge in [0, 0.05) is 48.4 Å². The van der Waals surface area contributed by atoms with Crippen LogP contribution in [-0.4, -0.2) is 47.8 Å². The zero-order chi connectivity index (χ0) is 23.7. The number of methoxy groups -OCH3 is 1. The molecule has 0 N–H and O–H groups in total. The van der Waals surface area contributed by atoms with Crippen molar-refractivity contribution in [2.24, 2.45) is 0 Å². The van der Waals surface area contributed by atoms with Gasteiger partial charge in [-0.25, -0.2) is 4.79 Å². The molecule has 2 bridgehead atoms. The molecule has 4 aliphatic rings. The van der Waals surface area contributed by atoms with Crippen molar-refractivity contribution in [2.45, 2.75) is 56.0 Å². The highest BCUT2D eigenvalue weighted by molar-refractivity contribution is 6.10. The minimum Gasteiger partial charge on any atom is -0.449 e. The van der Waals surface area contributed by atoms with Gasteiger partial charge in [-0.15, -0.1) is 0 Å². The molecule has 0 saturated carbocycles. The highest BCUT2D eigenvalue weighted by atomic mass is 16.6. The predicted molar refractivity (Wildman–Crippen MR) is 137 cm³/mol. The van der Waals surface area contributed by atoms with Crippen LogP contribution in [0.15, 0.2) is 77.9 Å². The number of hydrogen-bond acceptors (Lipinski definition) is 4. The van der Waals surface area contributed by atoms with Crippen molar-refractivity contribution < 1.29 is 14.3 Å². The number of esters is 1. The first-order valence-corrected chi connectivity index (χ1v) is 12.5. The molecule has 174 valence electrons. The summed E-state index contributed by atoms with van der Waals surface area (Å²) in [5.74, 6) is 6.73. The van der Waals surface area contributed by atoms with E-state index in [1.807, 2.05) is 0 Å². The number of fused-ring (bicyclic) bond motifs is 6. The van der Waals surface area contributed by atoms with E-state index in [1.165, 1.54) is 16.2 Å². The number of benzene rings is 3. The molecule has 3 aromatic rings. The van der Waals surface area contributed by atoms with E-state index in [1.54, 1.807) is 13.2 Å². The lowest BCUT2D eigenvalue weighted by Gasteiger charge is -2.33. The van der Waals surface area contributed by atoms with Crippen LogP contribution in [0.25, 0.3) is 21.5 Å². The fourth-order valence-electron chi connectivity index (χ4n) is 7.03. The lowest BCUT2D eigenvalue weighted by atomic mass is 9.77. The Labute approximate surface area is 205 Å². The Morgan fingerprint density at radius 2 is 1.83 bits per heavy atom. The maximum atomic E-state index is 12.6. The number of carbonyl (C=O) groups excluding carboxylic acids is 1. The molecule has 2 fully saturated rings. The van der Waals surface area contributed by atoms with Gasteiger partial charge < -0.3 is 9.47 Å². The first-order chi connectivity index (χ1) is 17.1. The molecule has 1 aliphatic carbocycles. The number of hydrogen-bond donors (Lipinski definition) is 0. The fraction of sp³-hybridized carbons (Fsp3) is 0.323. The average molecular weight is 462 g/mol. The second-order valence-electron chi connectivity index (χ2n) is 10.2. The maximum Gasteiger partial charge on any atom is 0.332 e. The van der Waals surface area contributed by atoms with Crippen LogP contribution in [-0.2, 0) is 14.3 Å². The molecule has 1 spiro atoms. The van der Waals surface area contributed by atoms with Crippen LogP contribution in [0.3, 0.4) is 0 Å². The minimum atomic E-state index is -0.575. The molecule has 2 saturated heterocycles. The van der Waals surface area contributed by atoms with Crippen molar-refractivity contribution in [1.29, 1.82) is 0 Å². The van der Waals surface area contributed by atoms with Gasteiger partial charge in [-0.05, 0) is 47.4 Å². The largest absolute Gasteiger partial charge is 0.449 e. The lowest BCUT2D eigenvalue weighted by molar-refractivity contribution is -0.147. The third-order valence-corrected chi connectivity index (χ3v) is 8.58. The van der Waals surface area contributed by atoms with Crippen LogP contribution in [0, 0.1) is 11.8 Å². The molecular formula is C31H27NO3. The van der Waals surface area contributed by atoms with Crippen molar-refractivity contribution >= 4 is 27.5 Å². The summed E-state index contributed by atoms with van der Waals surface area (Å²) < 4.78 is 11.8. The van der Waals surface area contributed by atoms with Gasteiger partial charge in [-0.2, -0.15) is 0 Å². The van der Waals surface area contributed by atoms with Crippen LogP contribution in [0.5, 0.6) is 0 Å². The first-order valence-electron chi connectivity index (χ1n) is 12.5. The molecule has 35 heavy (non-hydrogen) atoms. The number of rotatable bonds is 2.